The molecule has 0 unspecified atom stereocenters. The maximum Gasteiger partial charge on any atom is 0.162 e. The molecule has 0 radical (unpaired) electrons. The van der Waals surface area contributed by atoms with Gasteiger partial charge in [-0.05, 0) is 42.8 Å². The van der Waals surface area contributed by atoms with Crippen LogP contribution in [-0.2, 0) is 0 Å². The van der Waals surface area contributed by atoms with Gasteiger partial charge in [-0.3, -0.25) is 0 Å². The molecule has 118 valence electrons. The molecule has 23 heavy (non-hydrogen) atoms. The summed E-state index contributed by atoms with van der Waals surface area (Å²) >= 11 is 0. The number of nitrogens with zero attached hydrogens (tertiary/aromatic N) is 3. The molecule has 0 atom stereocenters. The fraction of sp³-hybridized carbons (Fsp3) is 0.263. The van der Waals surface area contributed by atoms with Crippen LogP contribution in [0.2, 0.25) is 0 Å². The first-order valence-electron chi connectivity index (χ1n) is 7.86. The Balaban J connectivity index is 2.02. The molecule has 0 saturated carbocycles. The maximum atomic E-state index is 5.63. The summed E-state index contributed by atoms with van der Waals surface area (Å²) in [5, 5.41) is 1.06. The van der Waals surface area contributed by atoms with E-state index in [4.69, 9.17) is 14.7 Å². The minimum Gasteiger partial charge on any atom is -0.494 e. The molecule has 3 rings (SSSR count). The van der Waals surface area contributed by atoms with Crippen molar-refractivity contribution >= 4 is 16.7 Å². The fourth-order valence-electron chi connectivity index (χ4n) is 2.45. The van der Waals surface area contributed by atoms with Gasteiger partial charge in [-0.15, -0.1) is 0 Å². The Kier molecular flexibility index (Phi) is 4.42. The second-order valence-corrected chi connectivity index (χ2v) is 5.66. The Morgan fingerprint density at radius 1 is 0.957 bits per heavy atom. The predicted molar refractivity (Wildman–Crippen MR) is 95.1 cm³/mol. The summed E-state index contributed by atoms with van der Waals surface area (Å²) in [4.78, 5) is 11.5. The smallest absolute Gasteiger partial charge is 0.162 e. The highest BCUT2D eigenvalue weighted by Crippen LogP contribution is 2.27. The van der Waals surface area contributed by atoms with Crippen LogP contribution in [0.4, 0.5) is 5.82 Å². The van der Waals surface area contributed by atoms with Crippen LogP contribution >= 0.6 is 0 Å². The molecule has 2 aromatic carbocycles. The van der Waals surface area contributed by atoms with Gasteiger partial charge in [0, 0.05) is 25.0 Å². The molecule has 4 heteroatoms. The number of benzene rings is 2. The molecular formula is C19H21N3O. The SMILES string of the molecule is CCCOc1ccc(-c2nc(N(C)C)c3ccccc3n2)cc1. The lowest BCUT2D eigenvalue weighted by molar-refractivity contribution is 0.317. The van der Waals surface area contributed by atoms with E-state index >= 15 is 0 Å². The summed E-state index contributed by atoms with van der Waals surface area (Å²) in [6.07, 6.45) is 1.00. The number of rotatable bonds is 5. The van der Waals surface area contributed by atoms with Gasteiger partial charge in [0.2, 0.25) is 0 Å². The van der Waals surface area contributed by atoms with Gasteiger partial charge in [0.1, 0.15) is 11.6 Å². The first kappa shape index (κ1) is 15.3. The van der Waals surface area contributed by atoms with E-state index in [2.05, 4.69) is 13.0 Å². The number of anilines is 1. The van der Waals surface area contributed by atoms with E-state index in [0.29, 0.717) is 0 Å². The summed E-state index contributed by atoms with van der Waals surface area (Å²) in [6.45, 7) is 2.83. The molecule has 0 saturated heterocycles. The van der Waals surface area contributed by atoms with Gasteiger partial charge in [-0.25, -0.2) is 9.97 Å². The largest absolute Gasteiger partial charge is 0.494 e. The Labute approximate surface area is 136 Å². The van der Waals surface area contributed by atoms with Crippen molar-refractivity contribution in [3.8, 4) is 17.1 Å². The topological polar surface area (TPSA) is 38.2 Å². The van der Waals surface area contributed by atoms with Gasteiger partial charge >= 0.3 is 0 Å². The number of aromatic nitrogens is 2. The molecule has 1 heterocycles. The van der Waals surface area contributed by atoms with Crippen molar-refractivity contribution in [1.29, 1.82) is 0 Å². The quantitative estimate of drug-likeness (QED) is 0.709. The van der Waals surface area contributed by atoms with Gasteiger partial charge in [0.15, 0.2) is 5.82 Å². The third-order valence-corrected chi connectivity index (χ3v) is 3.59. The second kappa shape index (κ2) is 6.65. The third kappa shape index (κ3) is 3.26. The van der Waals surface area contributed by atoms with Gasteiger partial charge in [0.25, 0.3) is 0 Å². The summed E-state index contributed by atoms with van der Waals surface area (Å²) in [7, 11) is 4.00. The number of para-hydroxylation sites is 1. The van der Waals surface area contributed by atoms with Crippen LogP contribution in [0.15, 0.2) is 48.5 Å². The lowest BCUT2D eigenvalue weighted by atomic mass is 10.1. The molecular weight excluding hydrogens is 286 g/mol. The number of hydrogen-bond acceptors (Lipinski definition) is 4. The van der Waals surface area contributed by atoms with E-state index in [9.17, 15) is 0 Å². The van der Waals surface area contributed by atoms with Gasteiger partial charge in [0.05, 0.1) is 12.1 Å². The Hall–Kier alpha value is -2.62. The van der Waals surface area contributed by atoms with Crippen molar-refractivity contribution < 1.29 is 4.74 Å². The van der Waals surface area contributed by atoms with E-state index < -0.39 is 0 Å². The van der Waals surface area contributed by atoms with E-state index in [-0.39, 0.29) is 0 Å². The Bertz CT molecular complexity index is 797. The standard InChI is InChI=1S/C19H21N3O/c1-4-13-23-15-11-9-14(10-12-15)18-20-17-8-6-5-7-16(17)19(21-18)22(2)3/h5-12H,4,13H2,1-3H3. The number of ether oxygens (including phenoxy) is 1. The van der Waals surface area contributed by atoms with Crippen LogP contribution in [0.5, 0.6) is 5.75 Å². The van der Waals surface area contributed by atoms with Crippen molar-refractivity contribution in [3.63, 3.8) is 0 Å². The lowest BCUT2D eigenvalue weighted by Gasteiger charge is -2.15. The van der Waals surface area contributed by atoms with E-state index in [1.807, 2.05) is 61.5 Å². The highest BCUT2D eigenvalue weighted by atomic mass is 16.5. The van der Waals surface area contributed by atoms with Gasteiger partial charge < -0.3 is 9.64 Å². The summed E-state index contributed by atoms with van der Waals surface area (Å²) < 4.78 is 5.63. The molecule has 4 nitrogen and oxygen atoms in total. The molecule has 1 aromatic heterocycles. The van der Waals surface area contributed by atoms with Crippen molar-refractivity contribution in [2.75, 3.05) is 25.6 Å². The fourth-order valence-corrected chi connectivity index (χ4v) is 2.45. The normalized spacial score (nSPS) is 10.7. The third-order valence-electron chi connectivity index (χ3n) is 3.59. The van der Waals surface area contributed by atoms with E-state index in [1.165, 1.54) is 0 Å². The second-order valence-electron chi connectivity index (χ2n) is 5.66. The highest BCUT2D eigenvalue weighted by molar-refractivity contribution is 5.90. The number of fused-ring (bicyclic) bond motifs is 1. The zero-order valence-corrected chi connectivity index (χ0v) is 13.8. The maximum absolute atomic E-state index is 5.63. The average Bonchev–Trinajstić information content (AvgIpc) is 2.59. The van der Waals surface area contributed by atoms with Crippen molar-refractivity contribution in [3.05, 3.63) is 48.5 Å². The van der Waals surface area contributed by atoms with Crippen LogP contribution in [0.1, 0.15) is 13.3 Å². The highest BCUT2D eigenvalue weighted by Gasteiger charge is 2.10. The molecule has 0 fully saturated rings. The zero-order valence-electron chi connectivity index (χ0n) is 13.8. The van der Waals surface area contributed by atoms with Crippen LogP contribution in [-0.4, -0.2) is 30.7 Å². The molecule has 3 aromatic rings. The molecule has 0 N–H and O–H groups in total. The van der Waals surface area contributed by atoms with Crippen molar-refractivity contribution in [2.45, 2.75) is 13.3 Å². The van der Waals surface area contributed by atoms with Crippen molar-refractivity contribution in [1.82, 2.24) is 9.97 Å². The summed E-state index contributed by atoms with van der Waals surface area (Å²) in [5.74, 6) is 2.54. The van der Waals surface area contributed by atoms with Crippen LogP contribution < -0.4 is 9.64 Å². The van der Waals surface area contributed by atoms with Crippen LogP contribution in [0.25, 0.3) is 22.3 Å². The molecule has 0 spiro atoms. The van der Waals surface area contributed by atoms with Crippen LogP contribution in [0.3, 0.4) is 0 Å². The van der Waals surface area contributed by atoms with Gasteiger partial charge in [-0.2, -0.15) is 0 Å². The van der Waals surface area contributed by atoms with E-state index in [1.54, 1.807) is 0 Å². The zero-order chi connectivity index (χ0) is 16.2. The van der Waals surface area contributed by atoms with E-state index in [0.717, 1.165) is 46.9 Å². The monoisotopic (exact) mass is 307 g/mol. The summed E-state index contributed by atoms with van der Waals surface area (Å²) in [5.41, 5.74) is 1.94. The molecule has 0 amide bonds. The molecule has 0 aliphatic rings. The number of hydrogen-bond donors (Lipinski definition) is 0. The first-order valence-corrected chi connectivity index (χ1v) is 7.86. The van der Waals surface area contributed by atoms with Crippen LogP contribution in [0, 0.1) is 0 Å². The van der Waals surface area contributed by atoms with Gasteiger partial charge in [-0.1, -0.05) is 19.1 Å². The minimum absolute atomic E-state index is 0.731. The molecule has 0 aliphatic carbocycles. The lowest BCUT2D eigenvalue weighted by Crippen LogP contribution is -2.12. The Morgan fingerprint density at radius 2 is 1.70 bits per heavy atom. The molecule has 0 bridgehead atoms. The summed E-state index contributed by atoms with van der Waals surface area (Å²) in [6, 6.07) is 16.0. The first-order chi connectivity index (χ1) is 11.2. The predicted octanol–water partition coefficient (Wildman–Crippen LogP) is 4.15. The minimum atomic E-state index is 0.731. The Morgan fingerprint density at radius 3 is 2.39 bits per heavy atom. The average molecular weight is 307 g/mol. The van der Waals surface area contributed by atoms with Crippen molar-refractivity contribution in [2.24, 2.45) is 0 Å². The molecule has 0 aliphatic heterocycles.